The first-order valence-corrected chi connectivity index (χ1v) is 11.2. The standard InChI is InChI=1S/C26H26O12/c1-36-20-11-15(3-7-17(20)28)5-9-23(32)38-24-19(30)12-26(35,25(33)34)13-21(24)37-22(31)8-4-14-2-6-16(27)18(29)10-14/h2-11,19,21,24,27-30,35H,12-13H2,1H3,(H,33,34). The third-order valence-electron chi connectivity index (χ3n) is 5.78. The summed E-state index contributed by atoms with van der Waals surface area (Å²) in [6.07, 6.45) is -1.56. The van der Waals surface area contributed by atoms with Gasteiger partial charge in [0.2, 0.25) is 0 Å². The van der Waals surface area contributed by atoms with E-state index in [0.717, 1.165) is 12.2 Å². The van der Waals surface area contributed by atoms with Gasteiger partial charge in [0.1, 0.15) is 6.10 Å². The predicted octanol–water partition coefficient (Wildman–Crippen LogP) is 1.33. The van der Waals surface area contributed by atoms with Gasteiger partial charge in [0.05, 0.1) is 13.2 Å². The molecule has 2 aromatic rings. The summed E-state index contributed by atoms with van der Waals surface area (Å²) in [7, 11) is 1.35. The Labute approximate surface area is 216 Å². The van der Waals surface area contributed by atoms with Crippen molar-refractivity contribution < 1.29 is 59.2 Å². The second kappa shape index (κ2) is 11.7. The number of aromatic hydroxyl groups is 3. The van der Waals surface area contributed by atoms with E-state index in [1.807, 2.05) is 0 Å². The van der Waals surface area contributed by atoms with Crippen LogP contribution in [0.15, 0.2) is 48.6 Å². The van der Waals surface area contributed by atoms with Gasteiger partial charge in [-0.3, -0.25) is 0 Å². The number of aliphatic carboxylic acids is 1. The van der Waals surface area contributed by atoms with E-state index in [4.69, 9.17) is 14.2 Å². The minimum absolute atomic E-state index is 0.107. The van der Waals surface area contributed by atoms with Gasteiger partial charge in [-0.05, 0) is 47.5 Å². The number of carbonyl (C=O) groups is 3. The number of ether oxygens (including phenoxy) is 3. The maximum Gasteiger partial charge on any atom is 0.335 e. The van der Waals surface area contributed by atoms with Crippen LogP contribution in [0.4, 0.5) is 0 Å². The van der Waals surface area contributed by atoms with Crippen molar-refractivity contribution in [1.29, 1.82) is 0 Å². The van der Waals surface area contributed by atoms with Crippen molar-refractivity contribution in [3.8, 4) is 23.0 Å². The molecule has 0 bridgehead atoms. The highest BCUT2D eigenvalue weighted by atomic mass is 16.6. The molecule has 2 aromatic carbocycles. The maximum atomic E-state index is 12.5. The first-order valence-electron chi connectivity index (χ1n) is 11.2. The number of aliphatic hydroxyl groups is 2. The fourth-order valence-electron chi connectivity index (χ4n) is 3.81. The summed E-state index contributed by atoms with van der Waals surface area (Å²) in [4.78, 5) is 36.5. The first kappa shape index (κ1) is 28.0. The Hall–Kier alpha value is -4.55. The highest BCUT2D eigenvalue weighted by molar-refractivity contribution is 5.88. The molecule has 6 N–H and O–H groups in total. The molecule has 1 saturated carbocycles. The Kier molecular flexibility index (Phi) is 8.61. The average Bonchev–Trinajstić information content (AvgIpc) is 2.86. The van der Waals surface area contributed by atoms with Crippen molar-refractivity contribution in [2.75, 3.05) is 7.11 Å². The van der Waals surface area contributed by atoms with Crippen LogP contribution in [0, 0.1) is 0 Å². The molecule has 0 spiro atoms. The van der Waals surface area contributed by atoms with Crippen LogP contribution < -0.4 is 4.74 Å². The van der Waals surface area contributed by atoms with E-state index < -0.39 is 60.4 Å². The highest BCUT2D eigenvalue weighted by Gasteiger charge is 2.52. The van der Waals surface area contributed by atoms with Crippen molar-refractivity contribution in [3.63, 3.8) is 0 Å². The Morgan fingerprint density at radius 2 is 1.45 bits per heavy atom. The van der Waals surface area contributed by atoms with Crippen LogP contribution in [0.1, 0.15) is 24.0 Å². The molecule has 38 heavy (non-hydrogen) atoms. The third kappa shape index (κ3) is 6.81. The molecule has 3 rings (SSSR count). The normalized spacial score (nSPS) is 23.3. The largest absolute Gasteiger partial charge is 0.504 e. The molecule has 202 valence electrons. The Bertz CT molecular complexity index is 1270. The molecule has 12 heteroatoms. The maximum absolute atomic E-state index is 12.5. The lowest BCUT2D eigenvalue weighted by atomic mass is 9.79. The molecule has 1 aliphatic carbocycles. The lowest BCUT2D eigenvalue weighted by molar-refractivity contribution is -0.204. The number of benzene rings is 2. The van der Waals surface area contributed by atoms with Gasteiger partial charge in [-0.2, -0.15) is 0 Å². The summed E-state index contributed by atoms with van der Waals surface area (Å²) < 4.78 is 15.5. The number of hydrogen-bond donors (Lipinski definition) is 6. The van der Waals surface area contributed by atoms with E-state index in [0.29, 0.717) is 11.1 Å². The van der Waals surface area contributed by atoms with E-state index in [1.54, 1.807) is 0 Å². The van der Waals surface area contributed by atoms with Gasteiger partial charge in [-0.25, -0.2) is 14.4 Å². The minimum Gasteiger partial charge on any atom is -0.504 e. The van der Waals surface area contributed by atoms with Crippen LogP contribution in [-0.4, -0.2) is 79.6 Å². The van der Waals surface area contributed by atoms with Crippen LogP contribution in [0.5, 0.6) is 23.0 Å². The van der Waals surface area contributed by atoms with Crippen molar-refractivity contribution in [2.45, 2.75) is 36.8 Å². The zero-order chi connectivity index (χ0) is 28.0. The summed E-state index contributed by atoms with van der Waals surface area (Å²) >= 11 is 0. The van der Waals surface area contributed by atoms with Crippen LogP contribution in [0.25, 0.3) is 12.2 Å². The van der Waals surface area contributed by atoms with Crippen LogP contribution in [0.2, 0.25) is 0 Å². The fourth-order valence-corrected chi connectivity index (χ4v) is 3.81. The molecule has 0 saturated heterocycles. The number of rotatable bonds is 8. The first-order chi connectivity index (χ1) is 17.9. The molecule has 12 nitrogen and oxygen atoms in total. The summed E-state index contributed by atoms with van der Waals surface area (Å²) in [6, 6.07) is 8.06. The lowest BCUT2D eigenvalue weighted by Gasteiger charge is -2.40. The van der Waals surface area contributed by atoms with E-state index in [9.17, 15) is 45.0 Å². The van der Waals surface area contributed by atoms with Gasteiger partial charge in [0.15, 0.2) is 34.7 Å². The highest BCUT2D eigenvalue weighted by Crippen LogP contribution is 2.33. The third-order valence-corrected chi connectivity index (χ3v) is 5.78. The molecule has 0 aliphatic heterocycles. The number of methoxy groups -OCH3 is 1. The summed E-state index contributed by atoms with van der Waals surface area (Å²) in [5.74, 6) is -4.36. The molecule has 1 fully saturated rings. The van der Waals surface area contributed by atoms with Crippen LogP contribution in [0.3, 0.4) is 0 Å². The van der Waals surface area contributed by atoms with Crippen molar-refractivity contribution >= 4 is 30.1 Å². The van der Waals surface area contributed by atoms with Crippen molar-refractivity contribution in [2.24, 2.45) is 0 Å². The second-order valence-corrected chi connectivity index (χ2v) is 8.54. The number of aliphatic hydroxyl groups excluding tert-OH is 1. The van der Waals surface area contributed by atoms with Gasteiger partial charge in [-0.1, -0.05) is 12.1 Å². The van der Waals surface area contributed by atoms with Crippen LogP contribution in [-0.2, 0) is 23.9 Å². The van der Waals surface area contributed by atoms with Gasteiger partial charge < -0.3 is 44.8 Å². The molecule has 0 aromatic heterocycles. The molecular weight excluding hydrogens is 504 g/mol. The number of carbonyl (C=O) groups excluding carboxylic acids is 2. The van der Waals surface area contributed by atoms with E-state index in [1.165, 1.54) is 55.7 Å². The molecule has 0 heterocycles. The number of hydrogen-bond acceptors (Lipinski definition) is 11. The Morgan fingerprint density at radius 3 is 2.03 bits per heavy atom. The van der Waals surface area contributed by atoms with Crippen LogP contribution >= 0.6 is 0 Å². The van der Waals surface area contributed by atoms with Gasteiger partial charge in [0.25, 0.3) is 0 Å². The Morgan fingerprint density at radius 1 is 0.868 bits per heavy atom. The molecule has 0 amide bonds. The fraction of sp³-hybridized carbons (Fsp3) is 0.269. The minimum atomic E-state index is -2.45. The summed E-state index contributed by atoms with van der Waals surface area (Å²) in [5.41, 5.74) is -1.66. The van der Waals surface area contributed by atoms with E-state index in [-0.39, 0.29) is 17.2 Å². The topological polar surface area (TPSA) is 200 Å². The van der Waals surface area contributed by atoms with Gasteiger partial charge in [-0.15, -0.1) is 0 Å². The number of carboxylic acid groups (broad SMARTS) is 1. The van der Waals surface area contributed by atoms with Gasteiger partial charge >= 0.3 is 17.9 Å². The summed E-state index contributed by atoms with van der Waals surface area (Å²) in [5, 5.41) is 58.9. The number of phenolic OH excluding ortho intramolecular Hbond substituents is 3. The number of esters is 2. The molecular formula is C26H26O12. The summed E-state index contributed by atoms with van der Waals surface area (Å²) in [6.45, 7) is 0. The molecule has 4 unspecified atom stereocenters. The lowest BCUT2D eigenvalue weighted by Crippen LogP contribution is -2.58. The van der Waals surface area contributed by atoms with E-state index >= 15 is 0 Å². The SMILES string of the molecule is COc1cc(C=CC(=O)OC2C(O)CC(O)(C(=O)O)CC2OC(=O)C=Cc2ccc(O)c(O)c2)ccc1O. The monoisotopic (exact) mass is 530 g/mol. The zero-order valence-corrected chi connectivity index (χ0v) is 20.1. The smallest absolute Gasteiger partial charge is 0.335 e. The van der Waals surface area contributed by atoms with Crippen molar-refractivity contribution in [1.82, 2.24) is 0 Å². The molecule has 1 aliphatic rings. The van der Waals surface area contributed by atoms with E-state index in [2.05, 4.69) is 0 Å². The number of carboxylic acids is 1. The van der Waals surface area contributed by atoms with Gasteiger partial charge in [0, 0.05) is 25.0 Å². The average molecular weight is 530 g/mol. The number of phenols is 3. The molecule has 0 radical (unpaired) electrons. The zero-order valence-electron chi connectivity index (χ0n) is 20.1. The Balaban J connectivity index is 1.75. The van der Waals surface area contributed by atoms with Crippen molar-refractivity contribution in [3.05, 3.63) is 59.7 Å². The quantitative estimate of drug-likeness (QED) is 0.163. The second-order valence-electron chi connectivity index (χ2n) is 8.54. The predicted molar refractivity (Wildman–Crippen MR) is 130 cm³/mol. The molecule has 4 atom stereocenters.